The summed E-state index contributed by atoms with van der Waals surface area (Å²) in [6, 6.07) is 10.7. The van der Waals surface area contributed by atoms with Gasteiger partial charge in [0.05, 0.1) is 11.6 Å². The molecular formula is C22H23ClFN3O2. The first kappa shape index (κ1) is 19.7. The highest BCUT2D eigenvalue weighted by molar-refractivity contribution is 6.30. The molecule has 0 radical (unpaired) electrons. The van der Waals surface area contributed by atoms with E-state index in [-0.39, 0.29) is 23.3 Å². The molecule has 7 heteroatoms. The lowest BCUT2D eigenvalue weighted by Crippen LogP contribution is -2.50. The molecular weight excluding hydrogens is 393 g/mol. The lowest BCUT2D eigenvalue weighted by atomic mass is 9.90. The fourth-order valence-electron chi connectivity index (χ4n) is 3.90. The molecule has 5 nitrogen and oxygen atoms in total. The Labute approximate surface area is 174 Å². The number of piperazine rings is 1. The first-order valence-corrected chi connectivity index (χ1v) is 10.2. The number of rotatable bonds is 4. The number of benzene rings is 2. The summed E-state index contributed by atoms with van der Waals surface area (Å²) in [7, 11) is 0. The van der Waals surface area contributed by atoms with Crippen LogP contribution in [0, 0.1) is 5.82 Å². The number of nitrogens with one attached hydrogen (secondary N) is 1. The van der Waals surface area contributed by atoms with E-state index in [1.165, 1.54) is 11.6 Å². The number of carbonyl (C=O) groups is 2. The zero-order chi connectivity index (χ0) is 20.4. The number of hydrogen-bond acceptors (Lipinski definition) is 4. The van der Waals surface area contributed by atoms with Gasteiger partial charge in [0, 0.05) is 50.4 Å². The van der Waals surface area contributed by atoms with Crippen molar-refractivity contribution in [3.63, 3.8) is 0 Å². The summed E-state index contributed by atoms with van der Waals surface area (Å²) in [5, 5.41) is 3.32. The van der Waals surface area contributed by atoms with E-state index < -0.39 is 5.82 Å². The minimum Gasteiger partial charge on any atom is -0.376 e. The van der Waals surface area contributed by atoms with E-state index in [0.717, 1.165) is 23.4 Å². The third-order valence-electron chi connectivity index (χ3n) is 5.61. The van der Waals surface area contributed by atoms with Crippen LogP contribution < -0.4 is 10.2 Å². The molecule has 1 aliphatic heterocycles. The van der Waals surface area contributed by atoms with Gasteiger partial charge in [-0.3, -0.25) is 9.59 Å². The van der Waals surface area contributed by atoms with Crippen LogP contribution in [-0.4, -0.2) is 49.3 Å². The average molecular weight is 416 g/mol. The Bertz CT molecular complexity index is 942. The van der Waals surface area contributed by atoms with Crippen molar-refractivity contribution < 1.29 is 14.0 Å². The van der Waals surface area contributed by atoms with E-state index in [9.17, 15) is 14.0 Å². The molecule has 2 aromatic carbocycles. The molecule has 1 fully saturated rings. The molecule has 1 N–H and O–H groups in total. The van der Waals surface area contributed by atoms with Gasteiger partial charge in [-0.05, 0) is 47.9 Å². The van der Waals surface area contributed by atoms with Crippen molar-refractivity contribution in [3.8, 4) is 0 Å². The third-order valence-corrected chi connectivity index (χ3v) is 5.92. The Morgan fingerprint density at radius 2 is 1.83 bits per heavy atom. The number of aryl methyl sites for hydroxylation is 1. The summed E-state index contributed by atoms with van der Waals surface area (Å²) in [4.78, 5) is 28.0. The van der Waals surface area contributed by atoms with E-state index in [1.54, 1.807) is 12.1 Å². The normalized spacial score (nSPS) is 16.6. The van der Waals surface area contributed by atoms with Gasteiger partial charge in [0.1, 0.15) is 11.6 Å². The number of ketones is 1. The van der Waals surface area contributed by atoms with Gasteiger partial charge >= 0.3 is 0 Å². The van der Waals surface area contributed by atoms with Crippen LogP contribution in [0.3, 0.4) is 0 Å². The van der Waals surface area contributed by atoms with E-state index in [1.807, 2.05) is 23.1 Å². The molecule has 0 atom stereocenters. The molecule has 0 aromatic heterocycles. The third kappa shape index (κ3) is 4.53. The largest absolute Gasteiger partial charge is 0.376 e. The SMILES string of the molecule is O=C1CCc2cc(NCC(=O)N3CCN(c4ccc(Cl)c(F)c4)CC3)ccc2C1. The molecule has 0 saturated carbocycles. The van der Waals surface area contributed by atoms with Gasteiger partial charge in [0.15, 0.2) is 0 Å². The van der Waals surface area contributed by atoms with Crippen molar-refractivity contribution >= 4 is 34.7 Å². The molecule has 152 valence electrons. The smallest absolute Gasteiger partial charge is 0.241 e. The van der Waals surface area contributed by atoms with Gasteiger partial charge < -0.3 is 15.1 Å². The van der Waals surface area contributed by atoms with Gasteiger partial charge in [-0.15, -0.1) is 0 Å². The Balaban J connectivity index is 1.29. The summed E-state index contributed by atoms with van der Waals surface area (Å²) < 4.78 is 13.7. The second-order valence-electron chi connectivity index (χ2n) is 7.52. The summed E-state index contributed by atoms with van der Waals surface area (Å²) in [6.45, 7) is 2.72. The van der Waals surface area contributed by atoms with Crippen LogP contribution in [0.4, 0.5) is 15.8 Å². The van der Waals surface area contributed by atoms with E-state index in [0.29, 0.717) is 39.0 Å². The zero-order valence-corrected chi connectivity index (χ0v) is 16.8. The van der Waals surface area contributed by atoms with Crippen LogP contribution in [0.2, 0.25) is 5.02 Å². The Kier molecular flexibility index (Phi) is 5.72. The van der Waals surface area contributed by atoms with Crippen molar-refractivity contribution in [2.45, 2.75) is 19.3 Å². The minimum atomic E-state index is -0.429. The molecule has 29 heavy (non-hydrogen) atoms. The van der Waals surface area contributed by atoms with Crippen LogP contribution >= 0.6 is 11.6 Å². The Hall–Kier alpha value is -2.60. The fourth-order valence-corrected chi connectivity index (χ4v) is 4.02. The molecule has 0 bridgehead atoms. The number of amides is 1. The monoisotopic (exact) mass is 415 g/mol. The highest BCUT2D eigenvalue weighted by atomic mass is 35.5. The summed E-state index contributed by atoms with van der Waals surface area (Å²) in [6.07, 6.45) is 1.87. The fraction of sp³-hybridized carbons (Fsp3) is 0.364. The maximum atomic E-state index is 13.7. The van der Waals surface area contributed by atoms with Crippen molar-refractivity contribution in [1.29, 1.82) is 0 Å². The minimum absolute atomic E-state index is 0.0415. The van der Waals surface area contributed by atoms with Gasteiger partial charge in [-0.2, -0.15) is 0 Å². The van der Waals surface area contributed by atoms with Gasteiger partial charge in [0.25, 0.3) is 0 Å². The van der Waals surface area contributed by atoms with Crippen LogP contribution in [0.15, 0.2) is 36.4 Å². The number of anilines is 2. The van der Waals surface area contributed by atoms with E-state index in [2.05, 4.69) is 10.2 Å². The van der Waals surface area contributed by atoms with E-state index >= 15 is 0 Å². The molecule has 2 aliphatic rings. The predicted molar refractivity (Wildman–Crippen MR) is 112 cm³/mol. The van der Waals surface area contributed by atoms with Crippen LogP contribution in [0.25, 0.3) is 0 Å². The van der Waals surface area contributed by atoms with E-state index in [4.69, 9.17) is 11.6 Å². The molecule has 0 unspecified atom stereocenters. The van der Waals surface area contributed by atoms with Crippen molar-refractivity contribution in [2.75, 3.05) is 42.9 Å². The first-order valence-electron chi connectivity index (χ1n) is 9.85. The summed E-state index contributed by atoms with van der Waals surface area (Å²) >= 11 is 5.75. The molecule has 1 aliphatic carbocycles. The van der Waals surface area contributed by atoms with Gasteiger partial charge in [0.2, 0.25) is 5.91 Å². The van der Waals surface area contributed by atoms with Crippen LogP contribution in [0.5, 0.6) is 0 Å². The number of halogens is 2. The number of fused-ring (bicyclic) bond motifs is 1. The standard InChI is InChI=1S/C22H23ClFN3O2/c23-20-6-4-18(13-21(20)24)26-7-9-27(10-8-26)22(29)14-25-17-3-1-16-12-19(28)5-2-15(16)11-17/h1,3-4,6,11,13,25H,2,5,7-10,12,14H2. The lowest BCUT2D eigenvalue weighted by molar-refractivity contribution is -0.129. The zero-order valence-electron chi connectivity index (χ0n) is 16.1. The first-order chi connectivity index (χ1) is 14.0. The van der Waals surface area contributed by atoms with Crippen LogP contribution in [0.1, 0.15) is 17.5 Å². The van der Waals surface area contributed by atoms with Crippen LogP contribution in [-0.2, 0) is 22.4 Å². The second kappa shape index (κ2) is 8.41. The Morgan fingerprint density at radius 1 is 1.03 bits per heavy atom. The summed E-state index contributed by atoms with van der Waals surface area (Å²) in [5.74, 6) is -0.102. The highest BCUT2D eigenvalue weighted by Crippen LogP contribution is 2.24. The Morgan fingerprint density at radius 3 is 2.59 bits per heavy atom. The molecule has 1 saturated heterocycles. The molecule has 1 heterocycles. The van der Waals surface area contributed by atoms with Crippen molar-refractivity contribution in [1.82, 2.24) is 4.90 Å². The molecule has 2 aromatic rings. The molecule has 4 rings (SSSR count). The maximum Gasteiger partial charge on any atom is 0.241 e. The lowest BCUT2D eigenvalue weighted by Gasteiger charge is -2.36. The van der Waals surface area contributed by atoms with Crippen molar-refractivity contribution in [2.24, 2.45) is 0 Å². The maximum absolute atomic E-state index is 13.7. The number of nitrogens with zero attached hydrogens (tertiary/aromatic N) is 2. The predicted octanol–water partition coefficient (Wildman–Crippen LogP) is 3.30. The number of Topliss-reactive ketones (excluding diaryl/α,β-unsaturated/α-hetero) is 1. The quantitative estimate of drug-likeness (QED) is 0.832. The van der Waals surface area contributed by atoms with Crippen molar-refractivity contribution in [3.05, 3.63) is 58.4 Å². The highest BCUT2D eigenvalue weighted by Gasteiger charge is 2.22. The molecule has 0 spiro atoms. The summed E-state index contributed by atoms with van der Waals surface area (Å²) in [5.41, 5.74) is 3.96. The van der Waals surface area contributed by atoms with Gasteiger partial charge in [-0.25, -0.2) is 4.39 Å². The topological polar surface area (TPSA) is 52.7 Å². The average Bonchev–Trinajstić information content (AvgIpc) is 2.74. The second-order valence-corrected chi connectivity index (χ2v) is 7.93. The molecule has 1 amide bonds. The van der Waals surface area contributed by atoms with Gasteiger partial charge in [-0.1, -0.05) is 17.7 Å². The number of hydrogen-bond donors (Lipinski definition) is 1. The number of carbonyl (C=O) groups excluding carboxylic acids is 2.